The molecule has 0 aliphatic rings. The first-order valence-corrected chi connectivity index (χ1v) is 5.69. The van der Waals surface area contributed by atoms with Gasteiger partial charge in [-0.2, -0.15) is 0 Å². The summed E-state index contributed by atoms with van der Waals surface area (Å²) in [7, 11) is 0. The number of rotatable bonds is 6. The molecular formula is C13H24O. The summed E-state index contributed by atoms with van der Waals surface area (Å²) < 4.78 is 0. The van der Waals surface area contributed by atoms with Crippen molar-refractivity contribution in [2.75, 3.05) is 0 Å². The molecule has 0 aromatic carbocycles. The highest BCUT2D eigenvalue weighted by Gasteiger charge is 2.11. The van der Waals surface area contributed by atoms with Crippen molar-refractivity contribution in [2.45, 2.75) is 47.5 Å². The highest BCUT2D eigenvalue weighted by atomic mass is 16.1. The van der Waals surface area contributed by atoms with E-state index in [-0.39, 0.29) is 0 Å². The van der Waals surface area contributed by atoms with Gasteiger partial charge >= 0.3 is 0 Å². The lowest BCUT2D eigenvalue weighted by Crippen LogP contribution is -2.07. The Morgan fingerprint density at radius 3 is 2.14 bits per heavy atom. The molecule has 0 saturated carbocycles. The minimum absolute atomic E-state index is 0.351. The molecule has 0 radical (unpaired) electrons. The normalized spacial score (nSPS) is 16.9. The number of hydrogen-bond acceptors (Lipinski definition) is 1. The minimum atomic E-state index is 0.351. The standard InChI is InChI=1S/C13H24O/c1-6-7-11(4)12(5)8-13(9-14)10(2)3/h8-12H,6-7H2,1-5H3/b13-8-. The molecule has 0 rings (SSSR count). The Bertz CT molecular complexity index is 191. The molecule has 0 amide bonds. The van der Waals surface area contributed by atoms with Crippen molar-refractivity contribution in [2.24, 2.45) is 17.8 Å². The van der Waals surface area contributed by atoms with Gasteiger partial charge in [0, 0.05) is 0 Å². The second-order valence-corrected chi connectivity index (χ2v) is 4.56. The van der Waals surface area contributed by atoms with Gasteiger partial charge in [-0.25, -0.2) is 0 Å². The maximum absolute atomic E-state index is 10.8. The third kappa shape index (κ3) is 4.59. The van der Waals surface area contributed by atoms with E-state index in [4.69, 9.17) is 0 Å². The predicted molar refractivity (Wildman–Crippen MR) is 62.2 cm³/mol. The second-order valence-electron chi connectivity index (χ2n) is 4.56. The molecule has 0 aliphatic heterocycles. The Morgan fingerprint density at radius 1 is 1.21 bits per heavy atom. The van der Waals surface area contributed by atoms with Crippen LogP contribution < -0.4 is 0 Å². The van der Waals surface area contributed by atoms with Crippen LogP contribution >= 0.6 is 0 Å². The van der Waals surface area contributed by atoms with Crippen LogP contribution in [0.15, 0.2) is 11.6 Å². The molecule has 1 nitrogen and oxygen atoms in total. The molecule has 82 valence electrons. The van der Waals surface area contributed by atoms with Crippen LogP contribution in [-0.4, -0.2) is 6.29 Å². The highest BCUT2D eigenvalue weighted by Crippen LogP contribution is 2.20. The van der Waals surface area contributed by atoms with Crippen LogP contribution in [0.4, 0.5) is 0 Å². The summed E-state index contributed by atoms with van der Waals surface area (Å²) in [5.74, 6) is 1.54. The number of aldehydes is 1. The van der Waals surface area contributed by atoms with E-state index in [2.05, 4.69) is 40.7 Å². The monoisotopic (exact) mass is 196 g/mol. The highest BCUT2D eigenvalue weighted by molar-refractivity contribution is 5.73. The predicted octanol–water partition coefficient (Wildman–Crippen LogP) is 3.84. The fraction of sp³-hybridized carbons (Fsp3) is 0.769. The van der Waals surface area contributed by atoms with Gasteiger partial charge in [-0.1, -0.05) is 53.5 Å². The van der Waals surface area contributed by atoms with Crippen molar-refractivity contribution in [3.63, 3.8) is 0 Å². The summed E-state index contributed by atoms with van der Waals surface area (Å²) in [5, 5.41) is 0. The fourth-order valence-corrected chi connectivity index (χ4v) is 1.55. The van der Waals surface area contributed by atoms with Gasteiger partial charge in [-0.3, -0.25) is 4.79 Å². The Morgan fingerprint density at radius 2 is 1.79 bits per heavy atom. The van der Waals surface area contributed by atoms with Crippen molar-refractivity contribution < 1.29 is 4.79 Å². The zero-order chi connectivity index (χ0) is 11.1. The topological polar surface area (TPSA) is 17.1 Å². The first kappa shape index (κ1) is 13.4. The van der Waals surface area contributed by atoms with Crippen molar-refractivity contribution in [1.29, 1.82) is 0 Å². The number of carbonyl (C=O) groups is 1. The Kier molecular flexibility index (Phi) is 6.52. The lowest BCUT2D eigenvalue weighted by molar-refractivity contribution is -0.105. The van der Waals surface area contributed by atoms with Gasteiger partial charge in [0.05, 0.1) is 0 Å². The maximum atomic E-state index is 10.8. The zero-order valence-corrected chi connectivity index (χ0v) is 10.2. The summed E-state index contributed by atoms with van der Waals surface area (Å²) in [6, 6.07) is 0. The van der Waals surface area contributed by atoms with Crippen molar-refractivity contribution in [3.05, 3.63) is 11.6 Å². The lowest BCUT2D eigenvalue weighted by Gasteiger charge is -2.17. The first-order valence-electron chi connectivity index (χ1n) is 5.69. The quantitative estimate of drug-likeness (QED) is 0.466. The van der Waals surface area contributed by atoms with Gasteiger partial charge in [-0.15, -0.1) is 0 Å². The van der Waals surface area contributed by atoms with Crippen molar-refractivity contribution >= 4 is 6.29 Å². The Balaban J connectivity index is 4.37. The number of allylic oxidation sites excluding steroid dienone is 2. The molecule has 0 aromatic rings. The largest absolute Gasteiger partial charge is 0.298 e. The lowest BCUT2D eigenvalue weighted by atomic mass is 9.88. The molecule has 2 atom stereocenters. The van der Waals surface area contributed by atoms with Crippen molar-refractivity contribution in [3.8, 4) is 0 Å². The van der Waals surface area contributed by atoms with Gasteiger partial charge in [-0.05, 0) is 23.3 Å². The zero-order valence-electron chi connectivity index (χ0n) is 10.2. The SMILES string of the molecule is CCCC(C)C(C)/C=C(/C=O)C(C)C. The van der Waals surface area contributed by atoms with E-state index < -0.39 is 0 Å². The molecule has 0 aromatic heterocycles. The molecule has 0 bridgehead atoms. The molecule has 0 N–H and O–H groups in total. The molecular weight excluding hydrogens is 172 g/mol. The van der Waals surface area contributed by atoms with Crippen LogP contribution in [0.2, 0.25) is 0 Å². The van der Waals surface area contributed by atoms with Gasteiger partial charge in [0.15, 0.2) is 0 Å². The van der Waals surface area contributed by atoms with Crippen molar-refractivity contribution in [1.82, 2.24) is 0 Å². The van der Waals surface area contributed by atoms with E-state index >= 15 is 0 Å². The summed E-state index contributed by atoms with van der Waals surface area (Å²) in [4.78, 5) is 10.8. The van der Waals surface area contributed by atoms with Gasteiger partial charge < -0.3 is 0 Å². The molecule has 14 heavy (non-hydrogen) atoms. The van der Waals surface area contributed by atoms with Gasteiger partial charge in [0.25, 0.3) is 0 Å². The first-order chi connectivity index (χ1) is 6.52. The summed E-state index contributed by atoms with van der Waals surface area (Å²) in [6.45, 7) is 10.8. The van der Waals surface area contributed by atoms with Crippen LogP contribution in [0.25, 0.3) is 0 Å². The Labute approximate surface area is 88.6 Å². The van der Waals surface area contributed by atoms with E-state index in [1.165, 1.54) is 12.8 Å². The average Bonchev–Trinajstić information content (AvgIpc) is 2.13. The van der Waals surface area contributed by atoms with E-state index in [9.17, 15) is 4.79 Å². The third-order valence-corrected chi connectivity index (χ3v) is 2.90. The number of hydrogen-bond donors (Lipinski definition) is 0. The summed E-state index contributed by atoms with van der Waals surface area (Å²) in [6.07, 6.45) is 5.59. The molecule has 2 unspecified atom stereocenters. The van der Waals surface area contributed by atoms with E-state index in [1.807, 2.05) is 0 Å². The van der Waals surface area contributed by atoms with Crippen LogP contribution in [0.1, 0.15) is 47.5 Å². The molecule has 0 saturated heterocycles. The minimum Gasteiger partial charge on any atom is -0.298 e. The van der Waals surface area contributed by atoms with Gasteiger partial charge in [0.1, 0.15) is 6.29 Å². The summed E-state index contributed by atoms with van der Waals surface area (Å²) in [5.41, 5.74) is 0.945. The second kappa shape index (κ2) is 6.80. The maximum Gasteiger partial charge on any atom is 0.145 e. The molecule has 1 heteroatoms. The van der Waals surface area contributed by atoms with Crippen LogP contribution in [0.3, 0.4) is 0 Å². The fourth-order valence-electron chi connectivity index (χ4n) is 1.55. The molecule has 0 spiro atoms. The van der Waals surface area contributed by atoms with E-state index in [1.54, 1.807) is 0 Å². The van der Waals surface area contributed by atoms with Crippen LogP contribution in [-0.2, 0) is 4.79 Å². The Hall–Kier alpha value is -0.590. The summed E-state index contributed by atoms with van der Waals surface area (Å²) >= 11 is 0. The van der Waals surface area contributed by atoms with E-state index in [0.717, 1.165) is 11.9 Å². The van der Waals surface area contributed by atoms with Gasteiger partial charge in [0.2, 0.25) is 0 Å². The average molecular weight is 196 g/mol. The molecule has 0 fully saturated rings. The van der Waals surface area contributed by atoms with E-state index in [0.29, 0.717) is 17.8 Å². The molecule has 0 aliphatic carbocycles. The van der Waals surface area contributed by atoms with Crippen LogP contribution in [0, 0.1) is 17.8 Å². The molecule has 0 heterocycles. The van der Waals surface area contributed by atoms with Crippen LogP contribution in [0.5, 0.6) is 0 Å². The smallest absolute Gasteiger partial charge is 0.145 e. The third-order valence-electron chi connectivity index (χ3n) is 2.90. The number of carbonyl (C=O) groups excluding carboxylic acids is 1.